The van der Waals surface area contributed by atoms with Gasteiger partial charge in [-0.25, -0.2) is 0 Å². The second-order valence-corrected chi connectivity index (χ2v) is 2.45. The van der Waals surface area contributed by atoms with Crippen LogP contribution in [-0.2, 0) is 0 Å². The lowest BCUT2D eigenvalue weighted by atomic mass is 10.1. The van der Waals surface area contributed by atoms with Crippen molar-refractivity contribution in [2.75, 3.05) is 7.11 Å². The van der Waals surface area contributed by atoms with Crippen molar-refractivity contribution in [3.8, 4) is 5.75 Å². The Kier molecular flexibility index (Phi) is 3.49. The molecule has 0 aliphatic heterocycles. The molecule has 0 saturated heterocycles. The van der Waals surface area contributed by atoms with Gasteiger partial charge in [0.2, 0.25) is 0 Å². The lowest BCUT2D eigenvalue weighted by Crippen LogP contribution is -2.54. The molecule has 0 saturated carbocycles. The molecule has 0 bridgehead atoms. The first kappa shape index (κ1) is 10.0. The van der Waals surface area contributed by atoms with E-state index >= 15 is 0 Å². The standard InChI is InChI=1S/C9H9N3O2/c1-14-8-4-2-7(3-5-8)9(13)6-11-12-10/h2-6,12H,1H3. The summed E-state index contributed by atoms with van der Waals surface area (Å²) in [6, 6.07) is 6.58. The summed E-state index contributed by atoms with van der Waals surface area (Å²) in [5.74, 6) is 0.382. The fourth-order valence-corrected chi connectivity index (χ4v) is 0.917. The van der Waals surface area contributed by atoms with Crippen molar-refractivity contribution < 1.29 is 14.8 Å². The van der Waals surface area contributed by atoms with Crippen LogP contribution in [0.5, 0.6) is 5.75 Å². The molecule has 0 aliphatic rings. The minimum atomic E-state index is -0.297. The first-order chi connectivity index (χ1) is 6.77. The highest BCUT2D eigenvalue weighted by Crippen LogP contribution is 2.10. The van der Waals surface area contributed by atoms with Crippen LogP contribution in [0, 0.1) is 0 Å². The topological polar surface area (TPSA) is 74.9 Å². The lowest BCUT2D eigenvalue weighted by Gasteiger charge is -1.99. The molecule has 1 aromatic rings. The minimum Gasteiger partial charge on any atom is -0.497 e. The Labute approximate surface area is 80.9 Å². The molecule has 0 radical (unpaired) electrons. The van der Waals surface area contributed by atoms with E-state index in [2.05, 4.69) is 5.10 Å². The van der Waals surface area contributed by atoms with Gasteiger partial charge in [0.1, 0.15) is 5.75 Å². The van der Waals surface area contributed by atoms with Gasteiger partial charge in [-0.1, -0.05) is 0 Å². The molecular formula is C9H9N3O2. The van der Waals surface area contributed by atoms with Gasteiger partial charge in [0, 0.05) is 11.8 Å². The second-order valence-electron chi connectivity index (χ2n) is 2.45. The number of nitrogens with one attached hydrogen (secondary N) is 1. The van der Waals surface area contributed by atoms with Gasteiger partial charge in [-0.15, -0.1) is 0 Å². The predicted molar refractivity (Wildman–Crippen MR) is 50.1 cm³/mol. The molecule has 1 rings (SSSR count). The number of hydrogen-bond donors (Lipinski definition) is 1. The number of benzene rings is 1. The molecule has 1 aromatic carbocycles. The number of ketones is 1. The summed E-state index contributed by atoms with van der Waals surface area (Å²) in [6.45, 7) is 0. The zero-order valence-corrected chi connectivity index (χ0v) is 7.60. The van der Waals surface area contributed by atoms with E-state index in [1.165, 1.54) is 5.22 Å². The molecule has 72 valence electrons. The Hall–Kier alpha value is -2.04. The van der Waals surface area contributed by atoms with Gasteiger partial charge in [0.25, 0.3) is 0 Å². The van der Waals surface area contributed by atoms with Crippen LogP contribution in [-0.4, -0.2) is 19.1 Å². The molecule has 0 heterocycles. The van der Waals surface area contributed by atoms with Crippen LogP contribution in [0.1, 0.15) is 10.4 Å². The van der Waals surface area contributed by atoms with Crippen LogP contribution in [0.3, 0.4) is 0 Å². The summed E-state index contributed by atoms with van der Waals surface area (Å²) in [7, 11) is 1.55. The van der Waals surface area contributed by atoms with E-state index in [0.29, 0.717) is 11.3 Å². The van der Waals surface area contributed by atoms with Crippen molar-refractivity contribution in [2.24, 2.45) is 5.10 Å². The smallest absolute Gasteiger partial charge is 0.187 e. The molecule has 0 spiro atoms. The highest BCUT2D eigenvalue weighted by atomic mass is 16.5. The molecule has 0 fully saturated rings. The van der Waals surface area contributed by atoms with Crippen LogP contribution in [0.4, 0.5) is 0 Å². The number of hydrogen-bond acceptors (Lipinski definition) is 2. The first-order valence-corrected chi connectivity index (χ1v) is 3.88. The molecular weight excluding hydrogens is 182 g/mol. The van der Waals surface area contributed by atoms with Crippen LogP contribution < -0.4 is 9.96 Å². The summed E-state index contributed by atoms with van der Waals surface area (Å²) in [4.78, 5) is 11.3. The van der Waals surface area contributed by atoms with E-state index in [4.69, 9.17) is 10.3 Å². The zero-order valence-electron chi connectivity index (χ0n) is 7.60. The molecule has 0 atom stereocenters. The summed E-state index contributed by atoms with van der Waals surface area (Å²) >= 11 is 0. The number of ether oxygens (including phenoxy) is 1. The van der Waals surface area contributed by atoms with Crippen LogP contribution >= 0.6 is 0 Å². The van der Waals surface area contributed by atoms with Gasteiger partial charge in [0.05, 0.1) is 7.11 Å². The lowest BCUT2D eigenvalue weighted by molar-refractivity contribution is -0.485. The Morgan fingerprint density at radius 3 is 2.64 bits per heavy atom. The fraction of sp³-hybridized carbons (Fsp3) is 0.111. The van der Waals surface area contributed by atoms with Gasteiger partial charge in [-0.2, -0.15) is 15.9 Å². The quantitative estimate of drug-likeness (QED) is 0.314. The Morgan fingerprint density at radius 2 is 2.14 bits per heavy atom. The zero-order chi connectivity index (χ0) is 10.4. The molecule has 0 unspecified atom stereocenters. The summed E-state index contributed by atoms with van der Waals surface area (Å²) < 4.78 is 4.93. The SMILES string of the molecule is COc1ccc(C(=O)C=N[NH+]=[N-])cc1. The number of carbonyl (C=O) groups excluding carboxylic acids is 1. The van der Waals surface area contributed by atoms with E-state index < -0.39 is 0 Å². The average molecular weight is 191 g/mol. The largest absolute Gasteiger partial charge is 0.497 e. The third-order valence-electron chi connectivity index (χ3n) is 1.61. The van der Waals surface area contributed by atoms with Crippen molar-refractivity contribution in [1.82, 2.24) is 0 Å². The van der Waals surface area contributed by atoms with E-state index in [1.807, 2.05) is 0 Å². The van der Waals surface area contributed by atoms with Crippen molar-refractivity contribution in [1.29, 1.82) is 0 Å². The van der Waals surface area contributed by atoms with Gasteiger partial charge in [-0.3, -0.25) is 4.79 Å². The van der Waals surface area contributed by atoms with Crippen molar-refractivity contribution in [3.05, 3.63) is 35.4 Å². The Morgan fingerprint density at radius 1 is 1.50 bits per heavy atom. The summed E-state index contributed by atoms with van der Waals surface area (Å²) in [5, 5.41) is 4.71. The third-order valence-corrected chi connectivity index (χ3v) is 1.61. The van der Waals surface area contributed by atoms with Crippen molar-refractivity contribution in [3.63, 3.8) is 0 Å². The highest BCUT2D eigenvalue weighted by molar-refractivity contribution is 6.35. The number of carbonyl (C=O) groups is 1. The number of hydrazone groups is 1. The maximum Gasteiger partial charge on any atom is 0.187 e. The molecule has 5 heteroatoms. The number of nitrogens with zero attached hydrogens (tertiary/aromatic N) is 2. The van der Waals surface area contributed by atoms with Crippen LogP contribution in [0.15, 0.2) is 29.4 Å². The summed E-state index contributed by atoms with van der Waals surface area (Å²) in [6.07, 6.45) is 0.988. The highest BCUT2D eigenvalue weighted by Gasteiger charge is 2.00. The monoisotopic (exact) mass is 191 g/mol. The number of rotatable bonds is 4. The maximum atomic E-state index is 11.3. The summed E-state index contributed by atoms with van der Waals surface area (Å²) in [5.41, 5.74) is 8.60. The van der Waals surface area contributed by atoms with Gasteiger partial charge in [0.15, 0.2) is 5.78 Å². The fourth-order valence-electron chi connectivity index (χ4n) is 0.917. The Balaban J connectivity index is 2.81. The predicted octanol–water partition coefficient (Wildman–Crippen LogP) is -0.0341. The van der Waals surface area contributed by atoms with E-state index in [1.54, 1.807) is 31.4 Å². The third kappa shape index (κ3) is 2.48. The van der Waals surface area contributed by atoms with E-state index in [0.717, 1.165) is 6.21 Å². The van der Waals surface area contributed by atoms with Crippen molar-refractivity contribution in [2.45, 2.75) is 0 Å². The second kappa shape index (κ2) is 4.86. The molecule has 0 amide bonds. The first-order valence-electron chi connectivity index (χ1n) is 3.88. The average Bonchev–Trinajstić information content (AvgIpc) is 2.26. The van der Waals surface area contributed by atoms with E-state index in [9.17, 15) is 4.79 Å². The van der Waals surface area contributed by atoms with E-state index in [-0.39, 0.29) is 5.78 Å². The number of Topliss-reactive ketones (excluding diaryl/α,β-unsaturated/α-hetero) is 1. The molecule has 5 nitrogen and oxygen atoms in total. The molecule has 0 aromatic heterocycles. The molecule has 1 N–H and O–H groups in total. The Bertz CT molecular complexity index is 357. The van der Waals surface area contributed by atoms with Crippen LogP contribution in [0.2, 0.25) is 0 Å². The van der Waals surface area contributed by atoms with Gasteiger partial charge in [-0.05, 0) is 24.3 Å². The maximum absolute atomic E-state index is 11.3. The van der Waals surface area contributed by atoms with Gasteiger partial charge >= 0.3 is 0 Å². The normalized spacial score (nSPS) is 10.1. The number of methoxy groups -OCH3 is 1. The van der Waals surface area contributed by atoms with Crippen LogP contribution in [0.25, 0.3) is 5.53 Å². The minimum absolute atomic E-state index is 0.297. The van der Waals surface area contributed by atoms with Gasteiger partial charge < -0.3 is 4.74 Å². The molecule has 14 heavy (non-hydrogen) atoms. The van der Waals surface area contributed by atoms with Crippen molar-refractivity contribution >= 4 is 12.0 Å². The molecule has 0 aliphatic carbocycles.